The molecule has 1 heterocycles. The minimum absolute atomic E-state index is 0.0136. The smallest absolute Gasteiger partial charge is 0.309 e. The number of carbonyl (C=O) groups is 2. The van der Waals surface area contributed by atoms with Crippen LogP contribution in [0.1, 0.15) is 139 Å². The van der Waals surface area contributed by atoms with Crippen LogP contribution in [0.15, 0.2) is 46.3 Å². The first kappa shape index (κ1) is 43.2. The summed E-state index contributed by atoms with van der Waals surface area (Å²) in [5.41, 5.74) is 2.85. The van der Waals surface area contributed by atoms with E-state index in [2.05, 4.69) is 48.5 Å². The normalized spacial score (nSPS) is 34.6. The number of hydrogen-bond donors (Lipinski definition) is 1. The molecule has 1 aromatic heterocycles. The molecular weight excluding hydrogens is 772 g/mol. The largest absolute Gasteiger partial charge is 0.481 e. The Morgan fingerprint density at radius 3 is 2.22 bits per heavy atom. The lowest BCUT2D eigenvalue weighted by Crippen LogP contribution is -2.66. The number of halogens is 1. The SMILES string of the molecule is CC(C)C1=C2[C@H]3CC[C@@H]4[C@@]5(C)CC[C@H](OC(=O)CC(C)(C)C(=O)O)C(C)(C)[C@@H]5CC[C@@]4(C)[C@]3(C)CC[C@@]2(c2cc(=O)n(-c3ccc(Cl)cc3)n2CCS(C)(=O)=O)CC1. The van der Waals surface area contributed by atoms with Crippen LogP contribution in [0.2, 0.25) is 5.02 Å². The molecular formula is C47H67ClN2O7S. The third-order valence-electron chi connectivity index (χ3n) is 17.3. The number of hydrogen-bond acceptors (Lipinski definition) is 6. The highest BCUT2D eigenvalue weighted by molar-refractivity contribution is 7.90. The first-order chi connectivity index (χ1) is 26.8. The molecule has 9 nitrogen and oxygen atoms in total. The van der Waals surface area contributed by atoms with Gasteiger partial charge < -0.3 is 9.84 Å². The lowest BCUT2D eigenvalue weighted by molar-refractivity contribution is -0.232. The molecule has 0 saturated heterocycles. The summed E-state index contributed by atoms with van der Waals surface area (Å²) >= 11 is 6.28. The summed E-state index contributed by atoms with van der Waals surface area (Å²) in [7, 11) is -3.32. The maximum Gasteiger partial charge on any atom is 0.309 e. The molecule has 0 spiro atoms. The van der Waals surface area contributed by atoms with Crippen LogP contribution in [-0.4, -0.2) is 52.9 Å². The summed E-state index contributed by atoms with van der Waals surface area (Å²) in [5.74, 6) is 0.0407. The Kier molecular flexibility index (Phi) is 10.7. The molecule has 0 unspecified atom stereocenters. The molecule has 58 heavy (non-hydrogen) atoms. The van der Waals surface area contributed by atoms with Crippen molar-refractivity contribution >= 4 is 33.4 Å². The van der Waals surface area contributed by atoms with Crippen molar-refractivity contribution in [3.63, 3.8) is 0 Å². The van der Waals surface area contributed by atoms with Crippen molar-refractivity contribution in [3.8, 4) is 5.69 Å². The summed E-state index contributed by atoms with van der Waals surface area (Å²) in [6.07, 6.45) is 10.7. The fraction of sp³-hybridized carbons (Fsp3) is 0.723. The molecule has 2 aromatic rings. The molecule has 8 atom stereocenters. The van der Waals surface area contributed by atoms with Gasteiger partial charge in [-0.25, -0.2) is 13.1 Å². The van der Waals surface area contributed by atoms with Crippen LogP contribution in [0.25, 0.3) is 5.69 Å². The number of fused-ring (bicyclic) bond motifs is 7. The van der Waals surface area contributed by atoms with E-state index in [1.54, 1.807) is 30.7 Å². The van der Waals surface area contributed by atoms with Crippen molar-refractivity contribution in [1.82, 2.24) is 9.36 Å². The number of allylic oxidation sites excluding steroid dienone is 2. The Labute approximate surface area is 351 Å². The lowest BCUT2D eigenvalue weighted by Gasteiger charge is -2.72. The Morgan fingerprint density at radius 1 is 0.931 bits per heavy atom. The summed E-state index contributed by atoms with van der Waals surface area (Å²) in [5, 5.41) is 10.2. The topological polar surface area (TPSA) is 125 Å². The number of carboxylic acids is 1. The number of rotatable bonds is 10. The molecule has 1 aromatic carbocycles. The summed E-state index contributed by atoms with van der Waals surface area (Å²) < 4.78 is 35.3. The zero-order valence-corrected chi connectivity index (χ0v) is 38.1. The summed E-state index contributed by atoms with van der Waals surface area (Å²) in [4.78, 5) is 39.2. The van der Waals surface area contributed by atoms with Gasteiger partial charge in [-0.15, -0.1) is 0 Å². The van der Waals surface area contributed by atoms with Crippen molar-refractivity contribution < 1.29 is 27.9 Å². The average Bonchev–Trinajstić information content (AvgIpc) is 3.67. The highest BCUT2D eigenvalue weighted by Gasteiger charge is 2.70. The van der Waals surface area contributed by atoms with Crippen molar-refractivity contribution in [3.05, 3.63) is 62.5 Å². The third kappa shape index (κ3) is 6.68. The highest BCUT2D eigenvalue weighted by Crippen LogP contribution is 2.77. The van der Waals surface area contributed by atoms with Gasteiger partial charge in [-0.05, 0) is 142 Å². The van der Waals surface area contributed by atoms with Crippen LogP contribution < -0.4 is 5.56 Å². The Balaban J connectivity index is 1.25. The molecule has 5 aliphatic rings. The fourth-order valence-electron chi connectivity index (χ4n) is 14.1. The molecule has 7 rings (SSSR count). The van der Waals surface area contributed by atoms with Crippen LogP contribution >= 0.6 is 11.6 Å². The van der Waals surface area contributed by atoms with Gasteiger partial charge in [0, 0.05) is 28.2 Å². The van der Waals surface area contributed by atoms with E-state index < -0.39 is 27.2 Å². The number of sulfone groups is 1. The second-order valence-corrected chi connectivity index (χ2v) is 24.1. The van der Waals surface area contributed by atoms with E-state index in [-0.39, 0.29) is 57.5 Å². The molecule has 5 aliphatic carbocycles. The van der Waals surface area contributed by atoms with Gasteiger partial charge in [0.05, 0.1) is 35.5 Å². The van der Waals surface area contributed by atoms with Gasteiger partial charge in [-0.1, -0.05) is 71.2 Å². The Bertz CT molecular complexity index is 2180. The van der Waals surface area contributed by atoms with Crippen LogP contribution in [0.3, 0.4) is 0 Å². The molecule has 4 saturated carbocycles. The van der Waals surface area contributed by atoms with Crippen LogP contribution in [0.5, 0.6) is 0 Å². The van der Waals surface area contributed by atoms with Crippen LogP contribution in [-0.2, 0) is 36.1 Å². The molecule has 0 aliphatic heterocycles. The maximum absolute atomic E-state index is 14.2. The zero-order chi connectivity index (χ0) is 42.6. The van der Waals surface area contributed by atoms with Crippen molar-refractivity contribution in [2.24, 2.45) is 50.7 Å². The number of ether oxygens (including phenoxy) is 1. The van der Waals surface area contributed by atoms with Gasteiger partial charge in [-0.2, -0.15) is 0 Å². The van der Waals surface area contributed by atoms with E-state index in [9.17, 15) is 27.9 Å². The number of aromatic nitrogens is 2. The predicted octanol–water partition coefficient (Wildman–Crippen LogP) is 9.80. The van der Waals surface area contributed by atoms with Crippen LogP contribution in [0.4, 0.5) is 0 Å². The molecule has 0 radical (unpaired) electrons. The number of benzene rings is 1. The highest BCUT2D eigenvalue weighted by atomic mass is 35.5. The third-order valence-corrected chi connectivity index (χ3v) is 18.4. The molecule has 0 amide bonds. The average molecular weight is 840 g/mol. The molecule has 0 bridgehead atoms. The Hall–Kier alpha value is -2.85. The van der Waals surface area contributed by atoms with E-state index >= 15 is 0 Å². The van der Waals surface area contributed by atoms with E-state index in [4.69, 9.17) is 16.3 Å². The molecule has 1 N–H and O–H groups in total. The minimum Gasteiger partial charge on any atom is -0.481 e. The quantitative estimate of drug-likeness (QED) is 0.187. The molecule has 4 fully saturated rings. The number of aliphatic carboxylic acids is 1. The minimum atomic E-state index is -3.32. The van der Waals surface area contributed by atoms with E-state index in [1.165, 1.54) is 17.4 Å². The lowest BCUT2D eigenvalue weighted by atomic mass is 9.33. The molecule has 11 heteroatoms. The van der Waals surface area contributed by atoms with Gasteiger partial charge in [0.1, 0.15) is 15.9 Å². The van der Waals surface area contributed by atoms with E-state index in [0.29, 0.717) is 34.4 Å². The number of esters is 1. The van der Waals surface area contributed by atoms with Gasteiger partial charge in [0.2, 0.25) is 0 Å². The first-order valence-electron chi connectivity index (χ1n) is 21.8. The Morgan fingerprint density at radius 2 is 1.60 bits per heavy atom. The maximum atomic E-state index is 14.2. The summed E-state index contributed by atoms with van der Waals surface area (Å²) in [6.45, 7) is 20.2. The second-order valence-electron chi connectivity index (χ2n) is 21.4. The van der Waals surface area contributed by atoms with E-state index in [1.807, 2.05) is 22.9 Å². The van der Waals surface area contributed by atoms with Crippen LogP contribution in [0, 0.1) is 50.7 Å². The standard InChI is InChI=1S/C47H67ClN2O7S/c1-29(2)32-17-22-47(36-27-38(51)50(31-13-11-30(48)12-14-31)49(36)25-26-58(10,55)56)24-23-45(8)33(40(32)47)15-16-35-44(7)20-19-37(57-39(52)28-42(3,4)41(53)54)43(5,6)34(44)18-21-46(35,45)9/h11-14,27,29,33-35,37H,15-26,28H2,1-10H3,(H,53,54)/t33-,34+,35-,37+,44+,45-,46-,47-/m1/s1. The van der Waals surface area contributed by atoms with Gasteiger partial charge >= 0.3 is 11.9 Å². The van der Waals surface area contributed by atoms with Gasteiger partial charge in [-0.3, -0.25) is 19.1 Å². The van der Waals surface area contributed by atoms with Gasteiger partial charge in [0.25, 0.3) is 5.56 Å². The van der Waals surface area contributed by atoms with Crippen molar-refractivity contribution in [2.75, 3.05) is 12.0 Å². The zero-order valence-electron chi connectivity index (χ0n) is 36.5. The fourth-order valence-corrected chi connectivity index (χ4v) is 14.7. The number of carbonyl (C=O) groups excluding carboxylic acids is 1. The van der Waals surface area contributed by atoms with Gasteiger partial charge in [0.15, 0.2) is 0 Å². The monoisotopic (exact) mass is 838 g/mol. The second kappa shape index (κ2) is 14.4. The molecule has 320 valence electrons. The number of nitrogens with zero attached hydrogens (tertiary/aromatic N) is 2. The first-order valence-corrected chi connectivity index (χ1v) is 24.2. The predicted molar refractivity (Wildman–Crippen MR) is 229 cm³/mol. The van der Waals surface area contributed by atoms with Crippen molar-refractivity contribution in [2.45, 2.75) is 151 Å². The summed E-state index contributed by atoms with van der Waals surface area (Å²) in [6, 6.07) is 9.04. The van der Waals surface area contributed by atoms with Crippen molar-refractivity contribution in [1.29, 1.82) is 0 Å². The number of carboxylic acid groups (broad SMARTS) is 1. The van der Waals surface area contributed by atoms with E-state index in [0.717, 1.165) is 69.9 Å².